The second kappa shape index (κ2) is 7.74. The SMILES string of the molecule is CCOC(=O)c1c(NC(=O)CNC(C)(C)C)sc(C)c1CC. The third kappa shape index (κ3) is 5.10. The Hall–Kier alpha value is -1.40. The zero-order chi connectivity index (χ0) is 16.9. The Bertz CT molecular complexity index is 544. The lowest BCUT2D eigenvalue weighted by Gasteiger charge is -2.20. The van der Waals surface area contributed by atoms with Crippen LogP contribution in [0.25, 0.3) is 0 Å². The van der Waals surface area contributed by atoms with Gasteiger partial charge in [-0.25, -0.2) is 4.79 Å². The highest BCUT2D eigenvalue weighted by Gasteiger charge is 2.23. The van der Waals surface area contributed by atoms with Gasteiger partial charge in [-0.05, 0) is 46.6 Å². The number of anilines is 1. The fourth-order valence-electron chi connectivity index (χ4n) is 2.03. The third-order valence-corrected chi connectivity index (χ3v) is 4.14. The molecule has 0 saturated carbocycles. The maximum Gasteiger partial charge on any atom is 0.341 e. The summed E-state index contributed by atoms with van der Waals surface area (Å²) in [6.07, 6.45) is 0.729. The van der Waals surface area contributed by atoms with Gasteiger partial charge >= 0.3 is 5.97 Å². The normalized spacial score (nSPS) is 11.4. The average Bonchev–Trinajstić information content (AvgIpc) is 2.71. The first-order valence-electron chi connectivity index (χ1n) is 7.53. The molecule has 0 saturated heterocycles. The van der Waals surface area contributed by atoms with Crippen LogP contribution in [-0.4, -0.2) is 30.6 Å². The van der Waals surface area contributed by atoms with Crippen LogP contribution in [0.4, 0.5) is 5.00 Å². The van der Waals surface area contributed by atoms with Crippen LogP contribution < -0.4 is 10.6 Å². The van der Waals surface area contributed by atoms with Crippen molar-refractivity contribution in [3.05, 3.63) is 16.0 Å². The number of hydrogen-bond donors (Lipinski definition) is 2. The summed E-state index contributed by atoms with van der Waals surface area (Å²) in [4.78, 5) is 25.3. The van der Waals surface area contributed by atoms with Crippen LogP contribution in [0.5, 0.6) is 0 Å². The van der Waals surface area contributed by atoms with Crippen molar-refractivity contribution in [2.24, 2.45) is 0 Å². The van der Waals surface area contributed by atoms with Crippen LogP contribution in [0, 0.1) is 6.92 Å². The quantitative estimate of drug-likeness (QED) is 0.788. The van der Waals surface area contributed by atoms with E-state index in [2.05, 4.69) is 10.6 Å². The molecule has 0 bridgehead atoms. The lowest BCUT2D eigenvalue weighted by Crippen LogP contribution is -2.41. The fourth-order valence-corrected chi connectivity index (χ4v) is 3.18. The number of aryl methyl sites for hydroxylation is 1. The molecule has 0 aliphatic heterocycles. The Morgan fingerprint density at radius 3 is 2.36 bits per heavy atom. The summed E-state index contributed by atoms with van der Waals surface area (Å²) in [7, 11) is 0. The van der Waals surface area contributed by atoms with E-state index in [0.29, 0.717) is 17.2 Å². The molecule has 0 unspecified atom stereocenters. The van der Waals surface area contributed by atoms with E-state index < -0.39 is 0 Å². The summed E-state index contributed by atoms with van der Waals surface area (Å²) < 4.78 is 5.12. The number of nitrogens with one attached hydrogen (secondary N) is 2. The number of hydrogen-bond acceptors (Lipinski definition) is 5. The molecule has 1 aromatic rings. The molecule has 0 radical (unpaired) electrons. The van der Waals surface area contributed by atoms with Gasteiger partial charge in [-0.1, -0.05) is 6.92 Å². The molecule has 0 aromatic carbocycles. The summed E-state index contributed by atoms with van der Waals surface area (Å²) in [6, 6.07) is 0. The molecule has 1 aromatic heterocycles. The predicted molar refractivity (Wildman–Crippen MR) is 90.8 cm³/mol. The van der Waals surface area contributed by atoms with Gasteiger partial charge in [-0.15, -0.1) is 11.3 Å². The van der Waals surface area contributed by atoms with Gasteiger partial charge in [0.05, 0.1) is 18.7 Å². The van der Waals surface area contributed by atoms with Crippen LogP contribution in [-0.2, 0) is 16.0 Å². The van der Waals surface area contributed by atoms with E-state index in [1.807, 2.05) is 34.6 Å². The summed E-state index contributed by atoms with van der Waals surface area (Å²) in [5, 5.41) is 6.54. The summed E-state index contributed by atoms with van der Waals surface area (Å²) in [5.74, 6) is -0.535. The zero-order valence-electron chi connectivity index (χ0n) is 14.3. The molecule has 1 amide bonds. The first-order valence-corrected chi connectivity index (χ1v) is 8.35. The fraction of sp³-hybridized carbons (Fsp3) is 0.625. The molecule has 0 aliphatic rings. The summed E-state index contributed by atoms with van der Waals surface area (Å²) in [6.45, 7) is 12.2. The van der Waals surface area contributed by atoms with Crippen molar-refractivity contribution in [2.45, 2.75) is 53.5 Å². The van der Waals surface area contributed by atoms with Gasteiger partial charge < -0.3 is 15.4 Å². The van der Waals surface area contributed by atoms with E-state index in [1.165, 1.54) is 11.3 Å². The van der Waals surface area contributed by atoms with Gasteiger partial charge in [0.2, 0.25) is 5.91 Å². The zero-order valence-corrected chi connectivity index (χ0v) is 15.1. The van der Waals surface area contributed by atoms with E-state index in [-0.39, 0.29) is 24.0 Å². The van der Waals surface area contributed by atoms with Crippen molar-refractivity contribution in [1.29, 1.82) is 0 Å². The number of amides is 1. The molecule has 2 N–H and O–H groups in total. The molecule has 0 fully saturated rings. The van der Waals surface area contributed by atoms with Gasteiger partial charge in [0.15, 0.2) is 0 Å². The Morgan fingerprint density at radius 2 is 1.86 bits per heavy atom. The number of carbonyl (C=O) groups excluding carboxylic acids is 2. The lowest BCUT2D eigenvalue weighted by atomic mass is 10.1. The third-order valence-electron chi connectivity index (χ3n) is 3.07. The monoisotopic (exact) mass is 326 g/mol. The highest BCUT2D eigenvalue weighted by Crippen LogP contribution is 2.34. The van der Waals surface area contributed by atoms with Gasteiger partial charge in [0.1, 0.15) is 5.00 Å². The minimum Gasteiger partial charge on any atom is -0.462 e. The van der Waals surface area contributed by atoms with Crippen LogP contribution in [0.3, 0.4) is 0 Å². The standard InChI is InChI=1S/C16H26N2O3S/c1-7-11-10(3)22-14(13(11)15(20)21-8-2)18-12(19)9-17-16(4,5)6/h17H,7-9H2,1-6H3,(H,18,19). The number of thiophene rings is 1. The molecule has 0 atom stereocenters. The van der Waals surface area contributed by atoms with Gasteiger partial charge in [-0.2, -0.15) is 0 Å². The topological polar surface area (TPSA) is 67.4 Å². The number of carbonyl (C=O) groups is 2. The smallest absolute Gasteiger partial charge is 0.341 e. The average molecular weight is 326 g/mol. The number of rotatable bonds is 6. The lowest BCUT2D eigenvalue weighted by molar-refractivity contribution is -0.115. The van der Waals surface area contributed by atoms with Crippen molar-refractivity contribution >= 4 is 28.2 Å². The molecule has 6 heteroatoms. The summed E-state index contributed by atoms with van der Waals surface area (Å²) in [5.41, 5.74) is 1.31. The van der Waals surface area contributed by atoms with Gasteiger partial charge in [0.25, 0.3) is 0 Å². The van der Waals surface area contributed by atoms with Crippen molar-refractivity contribution in [3.63, 3.8) is 0 Å². The van der Waals surface area contributed by atoms with Gasteiger partial charge in [-0.3, -0.25) is 4.79 Å². The number of esters is 1. The molecule has 1 heterocycles. The van der Waals surface area contributed by atoms with Crippen LogP contribution in [0.2, 0.25) is 0 Å². The highest BCUT2D eigenvalue weighted by atomic mass is 32.1. The van der Waals surface area contributed by atoms with Crippen LogP contribution in [0.1, 0.15) is 55.4 Å². The first kappa shape index (κ1) is 18.6. The summed E-state index contributed by atoms with van der Waals surface area (Å²) >= 11 is 1.42. The highest BCUT2D eigenvalue weighted by molar-refractivity contribution is 7.16. The van der Waals surface area contributed by atoms with Crippen LogP contribution in [0.15, 0.2) is 0 Å². The van der Waals surface area contributed by atoms with Crippen LogP contribution >= 0.6 is 11.3 Å². The molecule has 5 nitrogen and oxygen atoms in total. The van der Waals surface area contributed by atoms with E-state index >= 15 is 0 Å². The molecule has 124 valence electrons. The molecule has 22 heavy (non-hydrogen) atoms. The minimum absolute atomic E-state index is 0.138. The number of ether oxygens (including phenoxy) is 1. The first-order chi connectivity index (χ1) is 10.2. The maximum absolute atomic E-state index is 12.2. The molecule has 1 rings (SSSR count). The predicted octanol–water partition coefficient (Wildman–Crippen LogP) is 3.12. The van der Waals surface area contributed by atoms with Gasteiger partial charge in [0, 0.05) is 10.4 Å². The second-order valence-corrected chi connectivity index (χ2v) is 7.29. The molecular formula is C16H26N2O3S. The Labute approximate surface area is 136 Å². The van der Waals surface area contributed by atoms with Crippen molar-refractivity contribution in [1.82, 2.24) is 5.32 Å². The Morgan fingerprint density at radius 1 is 1.23 bits per heavy atom. The molecule has 0 spiro atoms. The van der Waals surface area contributed by atoms with E-state index in [9.17, 15) is 9.59 Å². The minimum atomic E-state index is -0.372. The largest absolute Gasteiger partial charge is 0.462 e. The van der Waals surface area contributed by atoms with Crippen molar-refractivity contribution in [3.8, 4) is 0 Å². The van der Waals surface area contributed by atoms with Crippen molar-refractivity contribution < 1.29 is 14.3 Å². The molecular weight excluding hydrogens is 300 g/mol. The Balaban J connectivity index is 2.94. The molecule has 0 aliphatic carbocycles. The van der Waals surface area contributed by atoms with E-state index in [0.717, 1.165) is 16.9 Å². The second-order valence-electron chi connectivity index (χ2n) is 6.07. The van der Waals surface area contributed by atoms with E-state index in [1.54, 1.807) is 6.92 Å². The van der Waals surface area contributed by atoms with Crippen molar-refractivity contribution in [2.75, 3.05) is 18.5 Å². The van der Waals surface area contributed by atoms with E-state index in [4.69, 9.17) is 4.74 Å². The maximum atomic E-state index is 12.2. The Kier molecular flexibility index (Phi) is 6.56.